The van der Waals surface area contributed by atoms with Crippen LogP contribution in [0.2, 0.25) is 0 Å². The van der Waals surface area contributed by atoms with Crippen LogP contribution in [0.4, 0.5) is 0 Å². The molecule has 1 atom stereocenters. The second-order valence-corrected chi connectivity index (χ2v) is 7.63. The van der Waals surface area contributed by atoms with Gasteiger partial charge in [0.15, 0.2) is 5.96 Å². The van der Waals surface area contributed by atoms with Gasteiger partial charge in [0.1, 0.15) is 6.10 Å². The van der Waals surface area contributed by atoms with E-state index in [0.717, 1.165) is 51.8 Å². The first kappa shape index (κ1) is 23.4. The molecule has 2 aliphatic rings. The number of hydrogen-bond donors (Lipinski definition) is 1. The highest BCUT2D eigenvalue weighted by Crippen LogP contribution is 2.24. The van der Waals surface area contributed by atoms with Crippen molar-refractivity contribution in [2.24, 2.45) is 4.99 Å². The topological polar surface area (TPSA) is 43.3 Å². The summed E-state index contributed by atoms with van der Waals surface area (Å²) >= 11 is 0. The van der Waals surface area contributed by atoms with E-state index in [1.165, 1.54) is 30.6 Å². The number of benzene rings is 1. The summed E-state index contributed by atoms with van der Waals surface area (Å²) < 4.78 is 6.06. The van der Waals surface area contributed by atoms with Crippen LogP contribution in [-0.4, -0.2) is 93.7 Å². The van der Waals surface area contributed by atoms with Crippen LogP contribution in [0.1, 0.15) is 23.7 Å². The lowest BCUT2D eigenvalue weighted by Gasteiger charge is -2.36. The van der Waals surface area contributed by atoms with Crippen molar-refractivity contribution in [1.82, 2.24) is 20.0 Å². The van der Waals surface area contributed by atoms with Crippen molar-refractivity contribution in [3.63, 3.8) is 0 Å². The van der Waals surface area contributed by atoms with Gasteiger partial charge in [-0.15, -0.1) is 24.0 Å². The molecular formula is C21H36IN5O. The Morgan fingerprint density at radius 3 is 2.79 bits per heavy atom. The van der Waals surface area contributed by atoms with Crippen molar-refractivity contribution in [3.05, 3.63) is 35.4 Å². The third-order valence-corrected chi connectivity index (χ3v) is 5.64. The van der Waals surface area contributed by atoms with Crippen LogP contribution in [0.25, 0.3) is 0 Å². The van der Waals surface area contributed by atoms with Crippen LogP contribution in [-0.2, 0) is 4.74 Å². The molecule has 0 aliphatic carbocycles. The zero-order chi connectivity index (χ0) is 19.1. The SMILES string of the molecule is CN=C(NCCN1CCCN(C)CC1)N1CCOC(c2ccccc2C)C1.I. The monoisotopic (exact) mass is 501 g/mol. The second-order valence-electron chi connectivity index (χ2n) is 7.63. The molecule has 0 spiro atoms. The highest BCUT2D eigenvalue weighted by Gasteiger charge is 2.25. The molecule has 0 saturated carbocycles. The summed E-state index contributed by atoms with van der Waals surface area (Å²) in [5.74, 6) is 0.990. The minimum atomic E-state index is 0. The van der Waals surface area contributed by atoms with Gasteiger partial charge in [0.2, 0.25) is 0 Å². The van der Waals surface area contributed by atoms with E-state index in [9.17, 15) is 0 Å². The van der Waals surface area contributed by atoms with E-state index in [4.69, 9.17) is 4.74 Å². The minimum absolute atomic E-state index is 0. The Labute approximate surface area is 187 Å². The number of nitrogens with one attached hydrogen (secondary N) is 1. The molecule has 28 heavy (non-hydrogen) atoms. The van der Waals surface area contributed by atoms with E-state index >= 15 is 0 Å². The molecule has 2 aliphatic heterocycles. The molecule has 158 valence electrons. The molecule has 0 radical (unpaired) electrons. The van der Waals surface area contributed by atoms with Gasteiger partial charge >= 0.3 is 0 Å². The molecule has 3 rings (SSSR count). The van der Waals surface area contributed by atoms with Gasteiger partial charge in [-0.3, -0.25) is 4.99 Å². The number of guanidine groups is 1. The van der Waals surface area contributed by atoms with Crippen LogP contribution < -0.4 is 5.32 Å². The summed E-state index contributed by atoms with van der Waals surface area (Å²) in [4.78, 5) is 11.8. The predicted molar refractivity (Wildman–Crippen MR) is 127 cm³/mol. The Morgan fingerprint density at radius 2 is 2.00 bits per heavy atom. The molecule has 6 nitrogen and oxygen atoms in total. The van der Waals surface area contributed by atoms with Crippen LogP contribution in [0.3, 0.4) is 0 Å². The van der Waals surface area contributed by atoms with Gasteiger partial charge in [-0.1, -0.05) is 24.3 Å². The Hall–Kier alpha value is -0.900. The van der Waals surface area contributed by atoms with E-state index < -0.39 is 0 Å². The van der Waals surface area contributed by atoms with E-state index in [1.54, 1.807) is 0 Å². The van der Waals surface area contributed by atoms with E-state index in [-0.39, 0.29) is 30.1 Å². The maximum absolute atomic E-state index is 6.06. The van der Waals surface area contributed by atoms with Gasteiger partial charge in [0.05, 0.1) is 13.2 Å². The zero-order valence-corrected chi connectivity index (χ0v) is 19.9. The fourth-order valence-corrected chi connectivity index (χ4v) is 3.96. The summed E-state index contributed by atoms with van der Waals surface area (Å²) in [6, 6.07) is 8.51. The molecule has 1 aromatic rings. The lowest BCUT2D eigenvalue weighted by atomic mass is 10.0. The molecule has 7 heteroatoms. The maximum atomic E-state index is 6.06. The summed E-state index contributed by atoms with van der Waals surface area (Å²) in [5.41, 5.74) is 2.57. The third kappa shape index (κ3) is 6.57. The molecule has 1 unspecified atom stereocenters. The number of likely N-dealkylation sites (N-methyl/N-ethyl adjacent to an activating group) is 1. The number of hydrogen-bond acceptors (Lipinski definition) is 4. The van der Waals surface area contributed by atoms with Crippen molar-refractivity contribution < 1.29 is 4.74 Å². The molecule has 1 N–H and O–H groups in total. The Morgan fingerprint density at radius 1 is 1.18 bits per heavy atom. The van der Waals surface area contributed by atoms with Crippen molar-refractivity contribution in [1.29, 1.82) is 0 Å². The molecule has 0 amide bonds. The largest absolute Gasteiger partial charge is 0.370 e. The first-order valence-corrected chi connectivity index (χ1v) is 10.2. The fraction of sp³-hybridized carbons (Fsp3) is 0.667. The Balaban J connectivity index is 0.00000280. The van der Waals surface area contributed by atoms with Gasteiger partial charge in [-0.2, -0.15) is 0 Å². The van der Waals surface area contributed by atoms with Gasteiger partial charge in [0.25, 0.3) is 0 Å². The van der Waals surface area contributed by atoms with Gasteiger partial charge in [-0.05, 0) is 44.6 Å². The molecule has 2 saturated heterocycles. The van der Waals surface area contributed by atoms with Crippen LogP contribution in [0.5, 0.6) is 0 Å². The molecule has 0 bridgehead atoms. The zero-order valence-electron chi connectivity index (χ0n) is 17.6. The Bertz CT molecular complexity index is 627. The number of rotatable bonds is 4. The van der Waals surface area contributed by atoms with Crippen molar-refractivity contribution in [2.45, 2.75) is 19.4 Å². The smallest absolute Gasteiger partial charge is 0.193 e. The Kier molecular flexibility index (Phi) is 9.98. The lowest BCUT2D eigenvalue weighted by Crippen LogP contribution is -2.49. The molecule has 2 fully saturated rings. The normalized spacial score (nSPS) is 22.5. The van der Waals surface area contributed by atoms with Crippen molar-refractivity contribution in [3.8, 4) is 0 Å². The number of nitrogens with zero attached hydrogens (tertiary/aromatic N) is 4. The molecule has 1 aromatic carbocycles. The first-order valence-electron chi connectivity index (χ1n) is 10.2. The van der Waals surface area contributed by atoms with Gasteiger partial charge in [-0.25, -0.2) is 0 Å². The summed E-state index contributed by atoms with van der Waals surface area (Å²) in [6.07, 6.45) is 1.37. The third-order valence-electron chi connectivity index (χ3n) is 5.64. The van der Waals surface area contributed by atoms with E-state index in [1.807, 2.05) is 7.05 Å². The van der Waals surface area contributed by atoms with Crippen LogP contribution in [0, 0.1) is 6.92 Å². The van der Waals surface area contributed by atoms with Crippen LogP contribution >= 0.6 is 24.0 Å². The summed E-state index contributed by atoms with van der Waals surface area (Å²) in [6.45, 7) is 11.3. The summed E-state index contributed by atoms with van der Waals surface area (Å²) in [7, 11) is 4.09. The van der Waals surface area contributed by atoms with E-state index in [0.29, 0.717) is 0 Å². The minimum Gasteiger partial charge on any atom is -0.370 e. The number of halogens is 1. The highest BCUT2D eigenvalue weighted by molar-refractivity contribution is 14.0. The average molecular weight is 501 g/mol. The first-order chi connectivity index (χ1) is 13.2. The second kappa shape index (κ2) is 11.9. The standard InChI is InChI=1S/C21H35N5O.HI/c1-18-7-4-5-8-19(18)20-17-26(15-16-27-20)21(22-2)23-9-12-25-11-6-10-24(3)13-14-25;/h4-5,7-8,20H,6,9-17H2,1-3H3,(H,22,23);1H. The highest BCUT2D eigenvalue weighted by atomic mass is 127. The summed E-state index contributed by atoms with van der Waals surface area (Å²) in [5, 5.41) is 3.57. The molecular weight excluding hydrogens is 465 g/mol. The van der Waals surface area contributed by atoms with E-state index in [2.05, 4.69) is 63.2 Å². The number of morpholine rings is 1. The molecule has 2 heterocycles. The predicted octanol–water partition coefficient (Wildman–Crippen LogP) is 2.20. The average Bonchev–Trinajstić information content (AvgIpc) is 2.90. The van der Waals surface area contributed by atoms with Crippen LogP contribution in [0.15, 0.2) is 29.3 Å². The van der Waals surface area contributed by atoms with Crippen molar-refractivity contribution >= 4 is 29.9 Å². The van der Waals surface area contributed by atoms with Crippen molar-refractivity contribution in [2.75, 3.05) is 73.1 Å². The van der Waals surface area contributed by atoms with Gasteiger partial charge in [0, 0.05) is 39.8 Å². The number of aryl methyl sites for hydroxylation is 1. The number of ether oxygens (including phenoxy) is 1. The maximum Gasteiger partial charge on any atom is 0.193 e. The number of aliphatic imine (C=N–C) groups is 1. The van der Waals surface area contributed by atoms with Gasteiger partial charge < -0.3 is 24.8 Å². The molecule has 0 aromatic heterocycles. The lowest BCUT2D eigenvalue weighted by molar-refractivity contribution is -0.00833. The quantitative estimate of drug-likeness (QED) is 0.390. The fourth-order valence-electron chi connectivity index (χ4n) is 3.96.